The van der Waals surface area contributed by atoms with E-state index in [1.165, 1.54) is 0 Å². The Morgan fingerprint density at radius 2 is 1.68 bits per heavy atom. The van der Waals surface area contributed by atoms with Crippen LogP contribution in [0.1, 0.15) is 0 Å². The maximum absolute atomic E-state index is 11.9. The molecule has 19 heavy (non-hydrogen) atoms. The van der Waals surface area contributed by atoms with Crippen LogP contribution < -0.4 is 10.5 Å². The van der Waals surface area contributed by atoms with Crippen molar-refractivity contribution in [3.8, 4) is 16.9 Å². The first-order chi connectivity index (χ1) is 8.93. The SMILES string of the molecule is COc1ccc(-c2cccc(N)c2S(C)(=O)=O)cc1. The van der Waals surface area contributed by atoms with Gasteiger partial charge in [0.25, 0.3) is 0 Å². The number of nitrogen functional groups attached to an aromatic ring is 1. The molecule has 2 aromatic rings. The summed E-state index contributed by atoms with van der Waals surface area (Å²) in [5, 5.41) is 0. The van der Waals surface area contributed by atoms with Crippen LogP contribution in [0.5, 0.6) is 5.75 Å². The number of hydrogen-bond acceptors (Lipinski definition) is 4. The number of methoxy groups -OCH3 is 1. The fourth-order valence-electron chi connectivity index (χ4n) is 1.97. The Hall–Kier alpha value is -2.01. The first kappa shape index (κ1) is 13.4. The third kappa shape index (κ3) is 2.71. The van der Waals surface area contributed by atoms with Gasteiger partial charge in [0.05, 0.1) is 17.7 Å². The molecule has 2 N–H and O–H groups in total. The quantitative estimate of drug-likeness (QED) is 0.874. The largest absolute Gasteiger partial charge is 0.497 e. The minimum absolute atomic E-state index is 0.167. The minimum Gasteiger partial charge on any atom is -0.497 e. The predicted octanol–water partition coefficient (Wildman–Crippen LogP) is 2.35. The van der Waals surface area contributed by atoms with E-state index in [1.54, 1.807) is 37.4 Å². The molecule has 0 amide bonds. The normalized spacial score (nSPS) is 11.3. The Kier molecular flexibility index (Phi) is 3.48. The molecule has 0 aromatic heterocycles. The number of ether oxygens (including phenoxy) is 1. The van der Waals surface area contributed by atoms with E-state index in [0.29, 0.717) is 11.3 Å². The molecule has 0 fully saturated rings. The molecule has 0 saturated heterocycles. The fraction of sp³-hybridized carbons (Fsp3) is 0.143. The highest BCUT2D eigenvalue weighted by molar-refractivity contribution is 7.91. The van der Waals surface area contributed by atoms with Crippen LogP contribution in [-0.2, 0) is 9.84 Å². The molecule has 0 atom stereocenters. The van der Waals surface area contributed by atoms with Crippen LogP contribution in [0.25, 0.3) is 11.1 Å². The third-order valence-corrected chi connectivity index (χ3v) is 4.01. The van der Waals surface area contributed by atoms with E-state index < -0.39 is 9.84 Å². The van der Waals surface area contributed by atoms with Gasteiger partial charge in [0.1, 0.15) is 5.75 Å². The molecule has 0 aliphatic carbocycles. The molecule has 100 valence electrons. The van der Waals surface area contributed by atoms with Crippen molar-refractivity contribution in [2.24, 2.45) is 0 Å². The predicted molar refractivity (Wildman–Crippen MR) is 76.0 cm³/mol. The van der Waals surface area contributed by atoms with Gasteiger partial charge in [-0.1, -0.05) is 24.3 Å². The maximum Gasteiger partial charge on any atom is 0.178 e. The molecule has 0 aliphatic rings. The molecule has 4 nitrogen and oxygen atoms in total. The molecule has 0 spiro atoms. The average molecular weight is 277 g/mol. The van der Waals surface area contributed by atoms with Gasteiger partial charge in [-0.2, -0.15) is 0 Å². The lowest BCUT2D eigenvalue weighted by Gasteiger charge is -2.11. The second kappa shape index (κ2) is 4.93. The van der Waals surface area contributed by atoms with E-state index in [0.717, 1.165) is 11.8 Å². The van der Waals surface area contributed by atoms with Crippen molar-refractivity contribution < 1.29 is 13.2 Å². The first-order valence-corrected chi connectivity index (χ1v) is 7.55. The van der Waals surface area contributed by atoms with Crippen molar-refractivity contribution in [1.29, 1.82) is 0 Å². The van der Waals surface area contributed by atoms with Crippen molar-refractivity contribution in [1.82, 2.24) is 0 Å². The Labute approximate surface area is 112 Å². The number of rotatable bonds is 3. The van der Waals surface area contributed by atoms with E-state index in [9.17, 15) is 8.42 Å². The Morgan fingerprint density at radius 3 is 2.21 bits per heavy atom. The number of benzene rings is 2. The van der Waals surface area contributed by atoms with Crippen LogP contribution in [0.15, 0.2) is 47.4 Å². The Morgan fingerprint density at radius 1 is 1.05 bits per heavy atom. The van der Waals surface area contributed by atoms with Crippen LogP contribution in [0.3, 0.4) is 0 Å². The average Bonchev–Trinajstić information content (AvgIpc) is 2.37. The molecular weight excluding hydrogens is 262 g/mol. The zero-order valence-electron chi connectivity index (χ0n) is 10.8. The van der Waals surface area contributed by atoms with Gasteiger partial charge in [-0.15, -0.1) is 0 Å². The highest BCUT2D eigenvalue weighted by Crippen LogP contribution is 2.32. The molecule has 0 bridgehead atoms. The summed E-state index contributed by atoms with van der Waals surface area (Å²) in [7, 11) is -1.80. The highest BCUT2D eigenvalue weighted by Gasteiger charge is 2.17. The third-order valence-electron chi connectivity index (χ3n) is 2.82. The van der Waals surface area contributed by atoms with Crippen molar-refractivity contribution in [2.45, 2.75) is 4.90 Å². The van der Waals surface area contributed by atoms with E-state index in [4.69, 9.17) is 10.5 Å². The van der Waals surface area contributed by atoms with Crippen molar-refractivity contribution in [3.63, 3.8) is 0 Å². The van der Waals surface area contributed by atoms with Gasteiger partial charge in [-0.25, -0.2) is 8.42 Å². The second-order valence-electron chi connectivity index (χ2n) is 4.22. The van der Waals surface area contributed by atoms with E-state index >= 15 is 0 Å². The van der Waals surface area contributed by atoms with Crippen molar-refractivity contribution >= 4 is 15.5 Å². The van der Waals surface area contributed by atoms with Gasteiger partial charge in [0.2, 0.25) is 0 Å². The summed E-state index contributed by atoms with van der Waals surface area (Å²) >= 11 is 0. The number of hydrogen-bond donors (Lipinski definition) is 1. The summed E-state index contributed by atoms with van der Waals surface area (Å²) in [6.07, 6.45) is 1.16. The molecule has 0 radical (unpaired) electrons. The topological polar surface area (TPSA) is 69.4 Å². The molecule has 2 aromatic carbocycles. The van der Waals surface area contributed by atoms with Crippen molar-refractivity contribution in [2.75, 3.05) is 19.1 Å². The molecule has 5 heteroatoms. The van der Waals surface area contributed by atoms with Crippen LogP contribution in [-0.4, -0.2) is 21.8 Å². The molecule has 0 heterocycles. The monoisotopic (exact) mass is 277 g/mol. The summed E-state index contributed by atoms with van der Waals surface area (Å²) in [6.45, 7) is 0. The standard InChI is InChI=1S/C14H15NO3S/c1-18-11-8-6-10(7-9-11)12-4-3-5-13(15)14(12)19(2,16)17/h3-9H,15H2,1-2H3. The van der Waals surface area contributed by atoms with Crippen LogP contribution in [0, 0.1) is 0 Å². The summed E-state index contributed by atoms with van der Waals surface area (Å²) in [6, 6.07) is 12.3. The van der Waals surface area contributed by atoms with Crippen molar-refractivity contribution in [3.05, 3.63) is 42.5 Å². The molecule has 0 unspecified atom stereocenters. The fourth-order valence-corrected chi connectivity index (χ4v) is 3.05. The van der Waals surface area contributed by atoms with Gasteiger partial charge >= 0.3 is 0 Å². The van der Waals surface area contributed by atoms with Gasteiger partial charge in [0.15, 0.2) is 9.84 Å². The molecular formula is C14H15NO3S. The second-order valence-corrected chi connectivity index (χ2v) is 6.18. The maximum atomic E-state index is 11.9. The zero-order valence-corrected chi connectivity index (χ0v) is 11.6. The summed E-state index contributed by atoms with van der Waals surface area (Å²) in [5.41, 5.74) is 7.44. The lowest BCUT2D eigenvalue weighted by atomic mass is 10.0. The van der Waals surface area contributed by atoms with E-state index in [-0.39, 0.29) is 10.6 Å². The summed E-state index contributed by atoms with van der Waals surface area (Å²) in [5.74, 6) is 0.716. The van der Waals surface area contributed by atoms with Gasteiger partial charge in [-0.05, 0) is 23.8 Å². The van der Waals surface area contributed by atoms with E-state index in [1.807, 2.05) is 12.1 Å². The van der Waals surface area contributed by atoms with Gasteiger partial charge < -0.3 is 10.5 Å². The number of sulfone groups is 1. The minimum atomic E-state index is -3.38. The summed E-state index contributed by atoms with van der Waals surface area (Å²) in [4.78, 5) is 0.167. The molecule has 0 saturated carbocycles. The van der Waals surface area contributed by atoms with Gasteiger partial charge in [-0.3, -0.25) is 0 Å². The van der Waals surface area contributed by atoms with Crippen LogP contribution >= 0.6 is 0 Å². The highest BCUT2D eigenvalue weighted by atomic mass is 32.2. The van der Waals surface area contributed by atoms with E-state index in [2.05, 4.69) is 0 Å². The summed E-state index contributed by atoms with van der Waals surface area (Å²) < 4.78 is 28.8. The lowest BCUT2D eigenvalue weighted by Crippen LogP contribution is -2.04. The number of nitrogens with two attached hydrogens (primary N) is 1. The zero-order chi connectivity index (χ0) is 14.0. The van der Waals surface area contributed by atoms with Gasteiger partial charge in [0, 0.05) is 11.8 Å². The smallest absolute Gasteiger partial charge is 0.178 e. The Bertz CT molecular complexity index is 691. The lowest BCUT2D eigenvalue weighted by molar-refractivity contribution is 0.415. The first-order valence-electron chi connectivity index (χ1n) is 5.66. The molecule has 2 rings (SSSR count). The van der Waals surface area contributed by atoms with Crippen LogP contribution in [0.4, 0.5) is 5.69 Å². The Balaban J connectivity index is 2.65. The number of anilines is 1. The van der Waals surface area contributed by atoms with Crippen LogP contribution in [0.2, 0.25) is 0 Å². The molecule has 0 aliphatic heterocycles.